The molecule has 47 heavy (non-hydrogen) atoms. The Balaban J connectivity index is -0.000000493. The van der Waals surface area contributed by atoms with Gasteiger partial charge >= 0.3 is 11.9 Å². The number of carboxylic acid groups (broad SMARTS) is 2. The Kier molecular flexibility index (Phi) is 27.9. The van der Waals surface area contributed by atoms with E-state index in [0.717, 1.165) is 0 Å². The van der Waals surface area contributed by atoms with Gasteiger partial charge in [-0.15, -0.1) is 22.7 Å². The monoisotopic (exact) mass is 886 g/mol. The number of alkyl halides is 6. The summed E-state index contributed by atoms with van der Waals surface area (Å²) in [5, 5.41) is 18.4. The van der Waals surface area contributed by atoms with Crippen molar-refractivity contribution in [3.8, 4) is 0 Å². The van der Waals surface area contributed by atoms with Gasteiger partial charge in [-0.2, -0.15) is 0 Å². The molecule has 0 radical (unpaired) electrons. The van der Waals surface area contributed by atoms with Gasteiger partial charge in [-0.25, -0.2) is 9.59 Å². The van der Waals surface area contributed by atoms with Gasteiger partial charge in [-0.05, 0) is 48.5 Å². The van der Waals surface area contributed by atoms with Crippen LogP contribution in [-0.2, 0) is 26.1 Å². The van der Waals surface area contributed by atoms with Crippen LogP contribution in [0.15, 0.2) is 97.1 Å². The minimum atomic E-state index is -2.17. The number of benzene rings is 4. The fourth-order valence-corrected chi connectivity index (χ4v) is 2.30. The molecule has 4 aromatic rings. The number of carbonyl (C=O) groups is 2. The predicted molar refractivity (Wildman–Crippen MR) is 198 cm³/mol. The molecule has 4 aromatic carbocycles. The Morgan fingerprint density at radius 2 is 0.511 bits per heavy atom. The molecule has 0 heterocycles. The minimum Gasteiger partial charge on any atom is -0.699 e. The van der Waals surface area contributed by atoms with E-state index in [4.69, 9.17) is 149 Å². The number of halogens is 10. The van der Waals surface area contributed by atoms with Crippen LogP contribution < -0.4 is 0 Å². The van der Waals surface area contributed by atoms with Crippen LogP contribution in [0.2, 0.25) is 20.1 Å². The first-order valence-corrected chi connectivity index (χ1v) is 15.3. The van der Waals surface area contributed by atoms with E-state index in [2.05, 4.69) is 0 Å². The minimum absolute atomic E-state index is 0. The molecule has 0 atom stereocenters. The number of aliphatic carboxylic acids is 2. The molecule has 0 saturated heterocycles. The number of hydrogen-bond donors (Lipinski definition) is 2. The van der Waals surface area contributed by atoms with Gasteiger partial charge in [0.2, 0.25) is 0 Å². The van der Waals surface area contributed by atoms with Crippen molar-refractivity contribution in [2.24, 2.45) is 0 Å². The predicted octanol–water partition coefficient (Wildman–Crippen LogP) is 15.0. The van der Waals surface area contributed by atoms with Crippen LogP contribution in [0.4, 0.5) is 22.7 Å². The topological polar surface area (TPSA) is 170 Å². The molecule has 0 saturated carbocycles. The molecule has 19 heteroatoms. The van der Waals surface area contributed by atoms with E-state index in [9.17, 15) is 9.59 Å². The largest absolute Gasteiger partial charge is 0.699 e. The van der Waals surface area contributed by atoms with E-state index in [1.165, 1.54) is 0 Å². The van der Waals surface area contributed by atoms with E-state index in [0.29, 0.717) is 42.8 Å². The zero-order valence-corrected chi connectivity index (χ0v) is 31.6. The van der Waals surface area contributed by atoms with Crippen molar-refractivity contribution in [2.45, 2.75) is 7.59 Å². The van der Waals surface area contributed by atoms with E-state index >= 15 is 0 Å². The smallest absolute Gasteiger partial charge is 0.356 e. The van der Waals surface area contributed by atoms with Crippen molar-refractivity contribution in [3.05, 3.63) is 140 Å². The fraction of sp³-hybridized carbons (Fsp3) is 0.0714. The normalized spacial score (nSPS) is 9.57. The average molecular weight is 892 g/mol. The van der Waals surface area contributed by atoms with E-state index < -0.39 is 19.5 Å². The summed E-state index contributed by atoms with van der Waals surface area (Å²) in [6.07, 6.45) is 0. The van der Waals surface area contributed by atoms with Crippen LogP contribution in [0.5, 0.6) is 0 Å². The maximum absolute atomic E-state index is 9.62. The van der Waals surface area contributed by atoms with Gasteiger partial charge < -0.3 is 33.1 Å². The Hall–Kier alpha value is -1.59. The molecule has 0 spiro atoms. The third kappa shape index (κ3) is 31.4. The van der Waals surface area contributed by atoms with Gasteiger partial charge in [-0.3, -0.25) is 0 Å². The summed E-state index contributed by atoms with van der Waals surface area (Å²) >= 11 is 50.9. The summed E-state index contributed by atoms with van der Waals surface area (Å²) in [6, 6.07) is 26.8. The fourth-order valence-electron chi connectivity index (χ4n) is 1.80. The van der Waals surface area contributed by atoms with Crippen molar-refractivity contribution in [1.29, 1.82) is 0 Å². The molecule has 0 fully saturated rings. The number of hydrogen-bond acceptors (Lipinski definition) is 2. The molecule has 6 N–H and O–H groups in total. The van der Waals surface area contributed by atoms with Gasteiger partial charge in [0.15, 0.2) is 0 Å². The summed E-state index contributed by atoms with van der Waals surface area (Å²) in [5.74, 6) is -2.92. The standard InChI is InChI=1S/4C6H5ClN.2C2HCl3O2.Ni/c4*7-5-1-3-6(8)4-2-5;2*3-2(4,5)1(6)7;/h4*1-4,8H;2*(H,6,7);/q4*-1;;;. The zero-order valence-electron chi connectivity index (χ0n) is 23.0. The van der Waals surface area contributed by atoms with E-state index in [-0.39, 0.29) is 16.5 Å². The van der Waals surface area contributed by atoms with Crippen molar-refractivity contribution >= 4 is 151 Å². The van der Waals surface area contributed by atoms with Gasteiger partial charge in [0.1, 0.15) is 0 Å². The summed E-state index contributed by atoms with van der Waals surface area (Å²) in [5.41, 5.74) is 30.1. The first-order valence-electron chi connectivity index (χ1n) is 11.5. The van der Waals surface area contributed by atoms with Gasteiger partial charge in [-0.1, -0.05) is 165 Å². The van der Waals surface area contributed by atoms with Crippen molar-refractivity contribution in [2.75, 3.05) is 0 Å². The van der Waals surface area contributed by atoms with Crippen LogP contribution in [0.1, 0.15) is 0 Å². The van der Waals surface area contributed by atoms with Crippen LogP contribution in [0, 0.1) is 0 Å². The molecule has 262 valence electrons. The molecular formula is C28H22Cl10N4NiO4-4. The van der Waals surface area contributed by atoms with Crippen LogP contribution in [0.25, 0.3) is 22.9 Å². The van der Waals surface area contributed by atoms with Crippen LogP contribution >= 0.6 is 116 Å². The van der Waals surface area contributed by atoms with Gasteiger partial charge in [0.25, 0.3) is 7.59 Å². The second-order valence-electron chi connectivity index (χ2n) is 7.63. The number of nitrogens with one attached hydrogen (secondary N) is 4. The summed E-state index contributed by atoms with van der Waals surface area (Å²) in [4.78, 5) is 19.2. The molecule has 0 unspecified atom stereocenters. The van der Waals surface area contributed by atoms with Crippen molar-refractivity contribution in [3.63, 3.8) is 0 Å². The molecule has 0 aromatic heterocycles. The first kappa shape index (κ1) is 49.8. The van der Waals surface area contributed by atoms with E-state index in [1.807, 2.05) is 0 Å². The number of rotatable bonds is 0. The van der Waals surface area contributed by atoms with Crippen molar-refractivity contribution in [1.82, 2.24) is 0 Å². The number of carboxylic acids is 2. The first-order chi connectivity index (χ1) is 21.0. The third-order valence-electron chi connectivity index (χ3n) is 3.86. The summed E-state index contributed by atoms with van der Waals surface area (Å²) in [7, 11) is 0. The second-order valence-corrected chi connectivity index (χ2v) is 13.9. The van der Waals surface area contributed by atoms with Gasteiger partial charge in [0.05, 0.1) is 0 Å². The SMILES string of the molecule is O=C(O)C(Cl)(Cl)Cl.O=C(O)C(Cl)(Cl)Cl.[NH-]c1ccc(Cl)cc1.[NH-]c1ccc(Cl)cc1.[NH-]c1ccc(Cl)cc1.[NH-]c1ccc(Cl)cc1.[Ni]. The summed E-state index contributed by atoms with van der Waals surface area (Å²) in [6.45, 7) is 0. The van der Waals surface area contributed by atoms with Crippen LogP contribution in [0.3, 0.4) is 0 Å². The molecule has 0 amide bonds. The average Bonchev–Trinajstić information content (AvgIpc) is 2.96. The Morgan fingerprint density at radius 3 is 0.574 bits per heavy atom. The zero-order chi connectivity index (χ0) is 36.1. The molecule has 4 rings (SSSR count). The second kappa shape index (κ2) is 26.3. The van der Waals surface area contributed by atoms with Crippen molar-refractivity contribution < 1.29 is 36.3 Å². The molecular weight excluding hydrogens is 870 g/mol. The Labute approximate surface area is 331 Å². The Bertz CT molecular complexity index is 1140. The molecule has 8 nitrogen and oxygen atoms in total. The maximum atomic E-state index is 9.62. The quantitative estimate of drug-likeness (QED) is 0.132. The van der Waals surface area contributed by atoms with Gasteiger partial charge in [0, 0.05) is 36.6 Å². The molecule has 0 bridgehead atoms. The van der Waals surface area contributed by atoms with Crippen LogP contribution in [-0.4, -0.2) is 29.7 Å². The molecule has 0 aliphatic carbocycles. The Morgan fingerprint density at radius 1 is 0.404 bits per heavy atom. The summed E-state index contributed by atoms with van der Waals surface area (Å²) < 4.78 is -4.33. The maximum Gasteiger partial charge on any atom is 0.356 e. The van der Waals surface area contributed by atoms with E-state index in [1.54, 1.807) is 97.1 Å². The molecule has 0 aliphatic heterocycles. The molecule has 0 aliphatic rings. The third-order valence-corrected chi connectivity index (χ3v) is 5.84.